The number of amides is 1. The molecule has 0 fully saturated rings. The summed E-state index contributed by atoms with van der Waals surface area (Å²) >= 11 is 0. The Balaban J connectivity index is 2.64. The molecule has 1 aromatic rings. The van der Waals surface area contributed by atoms with Crippen molar-refractivity contribution in [1.29, 1.82) is 0 Å². The number of ether oxygens (including phenoxy) is 1. The molecular weight excluding hydrogens is 237 g/mol. The van der Waals surface area contributed by atoms with Crippen LogP contribution in [0.1, 0.15) is 31.1 Å². The molecule has 0 aromatic heterocycles. The second-order valence-electron chi connectivity index (χ2n) is 4.89. The third kappa shape index (κ3) is 4.53. The van der Waals surface area contributed by atoms with Crippen molar-refractivity contribution in [1.82, 2.24) is 5.32 Å². The molecule has 5 heteroatoms. The average Bonchev–Trinajstić information content (AvgIpc) is 2.24. The number of benzene rings is 1. The first-order valence-electron chi connectivity index (χ1n) is 5.50. The normalized spacial score (nSPS) is 10.9. The molecule has 0 aliphatic rings. The Bertz CT molecular complexity index is 452. The Labute approximate surface area is 105 Å². The van der Waals surface area contributed by atoms with Crippen LogP contribution in [0.2, 0.25) is 0 Å². The predicted octanol–water partition coefficient (Wildman–Crippen LogP) is 1.93. The molecule has 0 bridgehead atoms. The van der Waals surface area contributed by atoms with Crippen LogP contribution in [0.3, 0.4) is 0 Å². The van der Waals surface area contributed by atoms with Crippen LogP contribution in [0.25, 0.3) is 0 Å². The molecule has 18 heavy (non-hydrogen) atoms. The Morgan fingerprint density at radius 3 is 2.67 bits per heavy atom. The number of nitrogens with one attached hydrogen (secondary N) is 1. The Morgan fingerprint density at radius 1 is 1.44 bits per heavy atom. The highest BCUT2D eigenvalue weighted by atomic mass is 19.1. The number of carbonyl (C=O) groups is 2. The molecule has 98 valence electrons. The highest BCUT2D eigenvalue weighted by Crippen LogP contribution is 2.17. The largest absolute Gasteiger partial charge is 0.483 e. The molecule has 0 aliphatic heterocycles. The maximum Gasteiger partial charge on any atom is 0.258 e. The van der Waals surface area contributed by atoms with E-state index in [4.69, 9.17) is 4.74 Å². The summed E-state index contributed by atoms with van der Waals surface area (Å²) in [4.78, 5) is 22.2. The van der Waals surface area contributed by atoms with Gasteiger partial charge in [-0.25, -0.2) is 4.39 Å². The summed E-state index contributed by atoms with van der Waals surface area (Å²) in [6.45, 7) is 5.32. The van der Waals surface area contributed by atoms with E-state index >= 15 is 0 Å². The van der Waals surface area contributed by atoms with Crippen LogP contribution in [0, 0.1) is 5.82 Å². The van der Waals surface area contributed by atoms with Crippen LogP contribution < -0.4 is 10.1 Å². The lowest BCUT2D eigenvalue weighted by Gasteiger charge is -2.20. The van der Waals surface area contributed by atoms with Gasteiger partial charge in [0.25, 0.3) is 5.91 Å². The van der Waals surface area contributed by atoms with Gasteiger partial charge in [-0.2, -0.15) is 0 Å². The first-order valence-corrected chi connectivity index (χ1v) is 5.50. The molecule has 1 aromatic carbocycles. The lowest BCUT2D eigenvalue weighted by molar-refractivity contribution is -0.124. The van der Waals surface area contributed by atoms with Gasteiger partial charge in [0.15, 0.2) is 12.9 Å². The van der Waals surface area contributed by atoms with Gasteiger partial charge in [-0.3, -0.25) is 9.59 Å². The van der Waals surface area contributed by atoms with Crippen molar-refractivity contribution < 1.29 is 18.7 Å². The zero-order valence-electron chi connectivity index (χ0n) is 10.6. The Kier molecular flexibility index (Phi) is 4.42. The molecule has 0 atom stereocenters. The van der Waals surface area contributed by atoms with Gasteiger partial charge >= 0.3 is 0 Å². The van der Waals surface area contributed by atoms with E-state index in [1.807, 2.05) is 20.8 Å². The fourth-order valence-corrected chi connectivity index (χ4v) is 1.34. The van der Waals surface area contributed by atoms with Crippen LogP contribution in [0.5, 0.6) is 5.75 Å². The molecule has 0 aliphatic carbocycles. The van der Waals surface area contributed by atoms with Crippen molar-refractivity contribution in [2.45, 2.75) is 26.3 Å². The lowest BCUT2D eigenvalue weighted by atomic mass is 10.1. The van der Waals surface area contributed by atoms with Gasteiger partial charge in [0.2, 0.25) is 0 Å². The smallest absolute Gasteiger partial charge is 0.258 e. The summed E-state index contributed by atoms with van der Waals surface area (Å²) in [6.07, 6.45) is 0.486. The number of hydrogen-bond donors (Lipinski definition) is 1. The Hall–Kier alpha value is -1.91. The second kappa shape index (κ2) is 5.62. The summed E-state index contributed by atoms with van der Waals surface area (Å²) in [7, 11) is 0. The number of aldehydes is 1. The fourth-order valence-electron chi connectivity index (χ4n) is 1.34. The number of hydrogen-bond acceptors (Lipinski definition) is 3. The van der Waals surface area contributed by atoms with Crippen molar-refractivity contribution in [3.05, 3.63) is 29.6 Å². The molecule has 0 heterocycles. The molecule has 0 unspecified atom stereocenters. The van der Waals surface area contributed by atoms with E-state index < -0.39 is 5.82 Å². The molecule has 0 saturated heterocycles. The summed E-state index contributed by atoms with van der Waals surface area (Å²) in [5, 5.41) is 2.71. The lowest BCUT2D eigenvalue weighted by Crippen LogP contribution is -2.43. The number of carbonyl (C=O) groups excluding carboxylic acids is 2. The van der Waals surface area contributed by atoms with Crippen LogP contribution in [-0.4, -0.2) is 24.3 Å². The summed E-state index contributed by atoms with van der Waals surface area (Å²) in [5.41, 5.74) is -0.268. The standard InChI is InChI=1S/C13H16FNO3/c1-13(2,3)15-12(17)8-18-11-5-4-10(14)6-9(11)7-16/h4-7H,8H2,1-3H3,(H,15,17). The van der Waals surface area contributed by atoms with E-state index in [2.05, 4.69) is 5.32 Å². The van der Waals surface area contributed by atoms with Crippen molar-refractivity contribution in [3.63, 3.8) is 0 Å². The zero-order chi connectivity index (χ0) is 13.8. The molecule has 0 spiro atoms. The maximum absolute atomic E-state index is 12.9. The van der Waals surface area contributed by atoms with E-state index in [9.17, 15) is 14.0 Å². The maximum atomic E-state index is 12.9. The second-order valence-corrected chi connectivity index (χ2v) is 4.89. The minimum Gasteiger partial charge on any atom is -0.483 e. The van der Waals surface area contributed by atoms with Crippen molar-refractivity contribution >= 4 is 12.2 Å². The molecule has 1 amide bonds. The van der Waals surface area contributed by atoms with E-state index in [1.54, 1.807) is 0 Å². The predicted molar refractivity (Wildman–Crippen MR) is 65.2 cm³/mol. The first-order chi connectivity index (χ1) is 8.31. The molecule has 0 saturated carbocycles. The van der Waals surface area contributed by atoms with Crippen molar-refractivity contribution in [2.24, 2.45) is 0 Å². The van der Waals surface area contributed by atoms with Crippen LogP contribution in [-0.2, 0) is 4.79 Å². The number of halogens is 1. The Morgan fingerprint density at radius 2 is 2.11 bits per heavy atom. The fraction of sp³-hybridized carbons (Fsp3) is 0.385. The minimum absolute atomic E-state index is 0.0820. The van der Waals surface area contributed by atoms with Crippen LogP contribution in [0.15, 0.2) is 18.2 Å². The minimum atomic E-state index is -0.524. The molecule has 0 radical (unpaired) electrons. The SMILES string of the molecule is CC(C)(C)NC(=O)COc1ccc(F)cc1C=O. The van der Waals surface area contributed by atoms with E-state index in [1.165, 1.54) is 12.1 Å². The van der Waals surface area contributed by atoms with E-state index in [0.29, 0.717) is 6.29 Å². The quantitative estimate of drug-likeness (QED) is 0.834. The van der Waals surface area contributed by atoms with Gasteiger partial charge in [0.05, 0.1) is 5.56 Å². The molecular formula is C13H16FNO3. The molecule has 1 rings (SSSR count). The number of rotatable bonds is 4. The first kappa shape index (κ1) is 14.2. The van der Waals surface area contributed by atoms with Crippen molar-refractivity contribution in [2.75, 3.05) is 6.61 Å². The molecule has 1 N–H and O–H groups in total. The van der Waals surface area contributed by atoms with Crippen LogP contribution >= 0.6 is 0 Å². The third-order valence-electron chi connectivity index (χ3n) is 1.97. The van der Waals surface area contributed by atoms with Gasteiger partial charge in [-0.1, -0.05) is 0 Å². The van der Waals surface area contributed by atoms with Gasteiger partial charge in [-0.15, -0.1) is 0 Å². The average molecular weight is 253 g/mol. The van der Waals surface area contributed by atoms with Gasteiger partial charge in [0.1, 0.15) is 11.6 Å². The summed E-state index contributed by atoms with van der Waals surface area (Å²) < 4.78 is 18.0. The highest BCUT2D eigenvalue weighted by molar-refractivity contribution is 5.81. The van der Waals surface area contributed by atoms with Crippen molar-refractivity contribution in [3.8, 4) is 5.75 Å². The monoisotopic (exact) mass is 253 g/mol. The summed E-state index contributed by atoms with van der Waals surface area (Å²) in [5.74, 6) is -0.636. The van der Waals surface area contributed by atoms with E-state index in [0.717, 1.165) is 6.07 Å². The van der Waals surface area contributed by atoms with E-state index in [-0.39, 0.29) is 29.4 Å². The zero-order valence-corrected chi connectivity index (χ0v) is 10.6. The van der Waals surface area contributed by atoms with Crippen LogP contribution in [0.4, 0.5) is 4.39 Å². The van der Waals surface area contributed by atoms with Gasteiger partial charge < -0.3 is 10.1 Å². The molecule has 4 nitrogen and oxygen atoms in total. The topological polar surface area (TPSA) is 55.4 Å². The summed E-state index contributed by atoms with van der Waals surface area (Å²) in [6, 6.07) is 3.55. The van der Waals surface area contributed by atoms with Gasteiger partial charge in [-0.05, 0) is 39.0 Å². The highest BCUT2D eigenvalue weighted by Gasteiger charge is 2.14. The van der Waals surface area contributed by atoms with Gasteiger partial charge in [0, 0.05) is 5.54 Å². The third-order valence-corrected chi connectivity index (χ3v) is 1.97.